The number of aromatic nitrogens is 2. The summed E-state index contributed by atoms with van der Waals surface area (Å²) >= 11 is 0. The molecule has 0 bridgehead atoms. The van der Waals surface area contributed by atoms with Gasteiger partial charge in [-0.05, 0) is 25.8 Å². The second kappa shape index (κ2) is 6.63. The molecule has 0 aliphatic carbocycles. The minimum Gasteiger partial charge on any atom is -0.353 e. The lowest BCUT2D eigenvalue weighted by atomic mass is 9.68. The average Bonchev–Trinajstić information content (AvgIpc) is 3.10. The molecule has 2 aliphatic heterocycles. The van der Waals surface area contributed by atoms with Crippen molar-refractivity contribution < 1.29 is 13.6 Å². The number of likely N-dealkylation sites (tertiary alicyclic amines) is 1. The number of halogens is 2. The Morgan fingerprint density at radius 2 is 2.23 bits per heavy atom. The summed E-state index contributed by atoms with van der Waals surface area (Å²) in [5.41, 5.74) is -1.30. The van der Waals surface area contributed by atoms with Crippen LogP contribution in [0.25, 0.3) is 6.08 Å². The van der Waals surface area contributed by atoms with E-state index in [1.54, 1.807) is 13.8 Å². The van der Waals surface area contributed by atoms with Gasteiger partial charge in [0.2, 0.25) is 5.91 Å². The van der Waals surface area contributed by atoms with E-state index in [2.05, 4.69) is 9.97 Å². The van der Waals surface area contributed by atoms with Gasteiger partial charge in [-0.1, -0.05) is 6.92 Å². The maximum absolute atomic E-state index is 15.5. The molecule has 0 aromatic carbocycles. The highest BCUT2D eigenvalue weighted by Gasteiger charge is 2.68. The second-order valence-electron chi connectivity index (χ2n) is 6.83. The molecule has 0 radical (unpaired) electrons. The van der Waals surface area contributed by atoms with Gasteiger partial charge < -0.3 is 9.80 Å². The van der Waals surface area contributed by atoms with Crippen LogP contribution in [0.5, 0.6) is 0 Å². The van der Waals surface area contributed by atoms with Crippen LogP contribution in [0.15, 0.2) is 12.7 Å². The number of hydrogen-bond acceptors (Lipinski definition) is 5. The van der Waals surface area contributed by atoms with Gasteiger partial charge in [-0.15, -0.1) is 0 Å². The van der Waals surface area contributed by atoms with Crippen molar-refractivity contribution in [2.24, 2.45) is 0 Å². The fraction of sp³-hybridized carbons (Fsp3) is 0.556. The minimum atomic E-state index is -1.50. The first kappa shape index (κ1) is 18.2. The summed E-state index contributed by atoms with van der Waals surface area (Å²) < 4.78 is 28.2. The van der Waals surface area contributed by atoms with Gasteiger partial charge >= 0.3 is 0 Å². The highest BCUT2D eigenvalue weighted by atomic mass is 19.1. The predicted molar refractivity (Wildman–Crippen MR) is 92.5 cm³/mol. The number of hydrogen-bond donors (Lipinski definition) is 0. The van der Waals surface area contributed by atoms with Gasteiger partial charge in [-0.2, -0.15) is 5.26 Å². The van der Waals surface area contributed by atoms with Crippen LogP contribution in [-0.2, 0) is 4.79 Å². The van der Waals surface area contributed by atoms with E-state index in [0.29, 0.717) is 36.4 Å². The fourth-order valence-electron chi connectivity index (χ4n) is 4.17. The predicted octanol–water partition coefficient (Wildman–Crippen LogP) is 2.55. The molecule has 6 nitrogen and oxygen atoms in total. The van der Waals surface area contributed by atoms with E-state index in [1.807, 2.05) is 11.0 Å². The van der Waals surface area contributed by atoms with Crippen LogP contribution in [0.1, 0.15) is 37.4 Å². The normalized spacial score (nSPS) is 27.8. The highest BCUT2D eigenvalue weighted by molar-refractivity contribution is 5.81. The summed E-state index contributed by atoms with van der Waals surface area (Å²) in [7, 11) is 0. The van der Waals surface area contributed by atoms with E-state index in [4.69, 9.17) is 5.26 Å². The molecule has 26 heavy (non-hydrogen) atoms. The zero-order valence-electron chi connectivity index (χ0n) is 14.9. The average molecular weight is 361 g/mol. The van der Waals surface area contributed by atoms with Crippen molar-refractivity contribution in [3.63, 3.8) is 0 Å². The van der Waals surface area contributed by atoms with Crippen LogP contribution in [0, 0.1) is 18.3 Å². The Labute approximate surface area is 151 Å². The van der Waals surface area contributed by atoms with E-state index < -0.39 is 11.2 Å². The fourth-order valence-corrected chi connectivity index (χ4v) is 4.17. The number of amides is 1. The number of anilines is 1. The lowest BCUT2D eigenvalue weighted by Crippen LogP contribution is -2.78. The molecule has 1 amide bonds. The Kier molecular flexibility index (Phi) is 4.65. The summed E-state index contributed by atoms with van der Waals surface area (Å²) in [5.74, 6) is 0.181. The van der Waals surface area contributed by atoms with Crippen molar-refractivity contribution in [3.8, 4) is 6.07 Å². The Hall–Kier alpha value is -2.56. The molecule has 2 saturated heterocycles. The second-order valence-corrected chi connectivity index (χ2v) is 6.83. The van der Waals surface area contributed by atoms with Gasteiger partial charge in [0.1, 0.15) is 18.6 Å². The molecule has 0 N–H and O–H groups in total. The molecule has 8 heteroatoms. The van der Waals surface area contributed by atoms with E-state index in [-0.39, 0.29) is 31.8 Å². The molecular formula is C18H21F2N5O. The van der Waals surface area contributed by atoms with Crippen LogP contribution >= 0.6 is 0 Å². The van der Waals surface area contributed by atoms with Crippen molar-refractivity contribution in [1.82, 2.24) is 14.9 Å². The Morgan fingerprint density at radius 3 is 2.88 bits per heavy atom. The van der Waals surface area contributed by atoms with Crippen LogP contribution < -0.4 is 4.90 Å². The molecule has 3 rings (SSSR count). The first-order valence-electron chi connectivity index (χ1n) is 8.62. The van der Waals surface area contributed by atoms with Gasteiger partial charge in [-0.3, -0.25) is 4.79 Å². The molecule has 1 aromatic heterocycles. The van der Waals surface area contributed by atoms with Gasteiger partial charge in [0.15, 0.2) is 5.67 Å². The zero-order valence-corrected chi connectivity index (χ0v) is 14.9. The third kappa shape index (κ3) is 2.54. The van der Waals surface area contributed by atoms with Crippen LogP contribution in [-0.4, -0.2) is 51.6 Å². The van der Waals surface area contributed by atoms with Crippen LogP contribution in [0.3, 0.4) is 0 Å². The summed E-state index contributed by atoms with van der Waals surface area (Å²) in [6.07, 6.45) is 3.58. The number of alkyl halides is 1. The topological polar surface area (TPSA) is 73.1 Å². The van der Waals surface area contributed by atoms with Crippen molar-refractivity contribution in [2.75, 3.05) is 24.5 Å². The smallest absolute Gasteiger partial charge is 0.237 e. The Bertz CT molecular complexity index is 792. The lowest BCUT2D eigenvalue weighted by Gasteiger charge is -2.60. The summed E-state index contributed by atoms with van der Waals surface area (Å²) in [6.45, 7) is 4.29. The van der Waals surface area contributed by atoms with Gasteiger partial charge in [-0.25, -0.2) is 18.7 Å². The van der Waals surface area contributed by atoms with Crippen molar-refractivity contribution in [1.29, 1.82) is 5.26 Å². The highest BCUT2D eigenvalue weighted by Crippen LogP contribution is 2.51. The van der Waals surface area contributed by atoms with Gasteiger partial charge in [0, 0.05) is 18.7 Å². The van der Waals surface area contributed by atoms with Crippen LogP contribution in [0.4, 0.5) is 14.6 Å². The van der Waals surface area contributed by atoms with Crippen LogP contribution in [0.2, 0.25) is 0 Å². The largest absolute Gasteiger partial charge is 0.353 e. The maximum Gasteiger partial charge on any atom is 0.237 e. The van der Waals surface area contributed by atoms with E-state index in [0.717, 1.165) is 0 Å². The van der Waals surface area contributed by atoms with Crippen molar-refractivity contribution in [3.05, 3.63) is 23.9 Å². The zero-order chi connectivity index (χ0) is 18.9. The summed E-state index contributed by atoms with van der Waals surface area (Å²) in [4.78, 5) is 24.0. The monoisotopic (exact) mass is 361 g/mol. The van der Waals surface area contributed by atoms with Crippen molar-refractivity contribution >= 4 is 17.8 Å². The molecule has 2 aliphatic rings. The number of rotatable bonds is 4. The SMILES string of the molecule is CCC1(F)CN(C(=O)CC#N)[C@@]12CCN(c1ncnc(C)c1/C=C\F)C2. The summed E-state index contributed by atoms with van der Waals surface area (Å²) in [5, 5.41) is 8.82. The number of nitrogens with zero attached hydrogens (tertiary/aromatic N) is 5. The number of nitriles is 1. The molecule has 2 fully saturated rings. The molecule has 2 atom stereocenters. The van der Waals surface area contributed by atoms with E-state index in [1.165, 1.54) is 17.3 Å². The minimum absolute atomic E-state index is 0.0118. The molecule has 1 spiro atoms. The number of carbonyl (C=O) groups is 1. The molecule has 1 aromatic rings. The molecule has 1 unspecified atom stereocenters. The Balaban J connectivity index is 1.94. The Morgan fingerprint density at radius 1 is 1.46 bits per heavy atom. The molecular weight excluding hydrogens is 340 g/mol. The van der Waals surface area contributed by atoms with Gasteiger partial charge in [0.05, 0.1) is 30.2 Å². The number of aryl methyl sites for hydroxylation is 1. The molecule has 3 heterocycles. The number of carbonyl (C=O) groups excluding carboxylic acids is 1. The van der Waals surface area contributed by atoms with Crippen molar-refractivity contribution in [2.45, 2.75) is 44.3 Å². The lowest BCUT2D eigenvalue weighted by molar-refractivity contribution is -0.183. The van der Waals surface area contributed by atoms with E-state index in [9.17, 15) is 9.18 Å². The first-order valence-corrected chi connectivity index (χ1v) is 8.62. The standard InChI is InChI=1S/C18H21F2N5O/c1-3-17(20)10-25(15(26)5-8-21)18(17)6-9-24(11-18)16-14(4-7-19)13(2)22-12-23-16/h4,7,12H,3,5-6,9-11H2,1-2H3/b7-4-/t17?,18-/m1/s1. The third-order valence-corrected chi connectivity index (χ3v) is 5.69. The van der Waals surface area contributed by atoms with E-state index >= 15 is 4.39 Å². The van der Waals surface area contributed by atoms with Gasteiger partial charge in [0.25, 0.3) is 0 Å². The quantitative estimate of drug-likeness (QED) is 0.824. The molecule has 138 valence electrons. The summed E-state index contributed by atoms with van der Waals surface area (Å²) in [6, 6.07) is 1.85. The third-order valence-electron chi connectivity index (χ3n) is 5.69. The molecule has 0 saturated carbocycles. The first-order chi connectivity index (χ1) is 12.4. The maximum atomic E-state index is 15.5.